The van der Waals surface area contributed by atoms with Gasteiger partial charge in [-0.15, -0.1) is 11.3 Å². The second-order valence-electron chi connectivity index (χ2n) is 3.35. The Labute approximate surface area is 130 Å². The number of hydrogen-bond acceptors (Lipinski definition) is 2. The number of benzene rings is 1. The maximum atomic E-state index is 10.2. The average molecular weight is 417 g/mol. The molecule has 0 bridgehead atoms. The van der Waals surface area contributed by atoms with Gasteiger partial charge >= 0.3 is 0 Å². The molecule has 1 nitrogen and oxygen atoms in total. The Morgan fingerprint density at radius 3 is 2.35 bits per heavy atom. The summed E-state index contributed by atoms with van der Waals surface area (Å²) in [6, 6.07) is 7.18. The Kier molecular flexibility index (Phi) is 4.55. The van der Waals surface area contributed by atoms with Gasteiger partial charge in [-0.25, -0.2) is 0 Å². The van der Waals surface area contributed by atoms with Crippen molar-refractivity contribution in [2.45, 2.75) is 6.10 Å². The molecule has 0 saturated heterocycles. The molecule has 1 atom stereocenters. The van der Waals surface area contributed by atoms with Gasteiger partial charge in [0, 0.05) is 13.8 Å². The Morgan fingerprint density at radius 2 is 1.82 bits per heavy atom. The van der Waals surface area contributed by atoms with Gasteiger partial charge in [-0.2, -0.15) is 0 Å². The second kappa shape index (κ2) is 5.59. The van der Waals surface area contributed by atoms with Gasteiger partial charge in [0.1, 0.15) is 10.4 Å². The molecule has 1 aromatic heterocycles. The van der Waals surface area contributed by atoms with Crippen molar-refractivity contribution < 1.29 is 5.11 Å². The molecule has 0 amide bonds. The van der Waals surface area contributed by atoms with Gasteiger partial charge in [0.05, 0.1) is 5.02 Å². The van der Waals surface area contributed by atoms with Crippen molar-refractivity contribution in [1.29, 1.82) is 0 Å². The highest BCUT2D eigenvalue weighted by atomic mass is 79.9. The lowest BCUT2D eigenvalue weighted by Crippen LogP contribution is -1.96. The fraction of sp³-hybridized carbons (Fsp3) is 0.0909. The van der Waals surface area contributed by atoms with Crippen LogP contribution in [0.3, 0.4) is 0 Å². The molecule has 1 N–H and O–H groups in total. The van der Waals surface area contributed by atoms with Gasteiger partial charge in [0.15, 0.2) is 0 Å². The largest absolute Gasteiger partial charge is 0.383 e. The van der Waals surface area contributed by atoms with Crippen LogP contribution in [0.4, 0.5) is 0 Å². The zero-order valence-electron chi connectivity index (χ0n) is 8.25. The fourth-order valence-corrected chi connectivity index (χ4v) is 3.53. The van der Waals surface area contributed by atoms with Crippen LogP contribution in [-0.2, 0) is 0 Å². The molecule has 0 spiro atoms. The first-order chi connectivity index (χ1) is 7.99. The van der Waals surface area contributed by atoms with E-state index in [-0.39, 0.29) is 0 Å². The van der Waals surface area contributed by atoms with Gasteiger partial charge in [0.2, 0.25) is 0 Å². The summed E-state index contributed by atoms with van der Waals surface area (Å²) in [4.78, 5) is 0.778. The third-order valence-electron chi connectivity index (χ3n) is 2.19. The molecule has 1 aromatic carbocycles. The Hall–Kier alpha value is 0.420. The lowest BCUT2D eigenvalue weighted by atomic mass is 10.1. The molecule has 1 unspecified atom stereocenters. The average Bonchev–Trinajstić information content (AvgIpc) is 2.62. The first-order valence-electron chi connectivity index (χ1n) is 4.57. The number of aliphatic hydroxyl groups excluding tert-OH is 1. The summed E-state index contributed by atoms with van der Waals surface area (Å²) in [5, 5.41) is 10.8. The van der Waals surface area contributed by atoms with Gasteiger partial charge in [-0.05, 0) is 55.6 Å². The molecule has 0 saturated carbocycles. The summed E-state index contributed by atoms with van der Waals surface area (Å²) in [6.45, 7) is 0. The monoisotopic (exact) mass is 414 g/mol. The Morgan fingerprint density at radius 1 is 1.12 bits per heavy atom. The summed E-state index contributed by atoms with van der Waals surface area (Å²) >= 11 is 19.9. The highest BCUT2D eigenvalue weighted by Crippen LogP contribution is 2.38. The zero-order valence-corrected chi connectivity index (χ0v) is 13.8. The van der Waals surface area contributed by atoms with Crippen molar-refractivity contribution >= 4 is 66.4 Å². The van der Waals surface area contributed by atoms with E-state index in [1.165, 1.54) is 11.3 Å². The van der Waals surface area contributed by atoms with Crippen LogP contribution in [-0.4, -0.2) is 5.11 Å². The molecule has 90 valence electrons. The molecule has 0 aliphatic rings. The molecule has 2 aromatic rings. The van der Waals surface area contributed by atoms with Crippen molar-refractivity contribution in [3.63, 3.8) is 0 Å². The van der Waals surface area contributed by atoms with Crippen molar-refractivity contribution in [3.05, 3.63) is 53.0 Å². The van der Waals surface area contributed by atoms with Crippen LogP contribution in [0.1, 0.15) is 16.5 Å². The van der Waals surface area contributed by atoms with Crippen LogP contribution in [0, 0.1) is 0 Å². The third-order valence-corrected chi connectivity index (χ3v) is 5.95. The van der Waals surface area contributed by atoms with Gasteiger partial charge < -0.3 is 5.11 Å². The van der Waals surface area contributed by atoms with E-state index in [2.05, 4.69) is 31.9 Å². The molecule has 6 heteroatoms. The van der Waals surface area contributed by atoms with Crippen LogP contribution < -0.4 is 0 Å². The van der Waals surface area contributed by atoms with E-state index in [9.17, 15) is 5.11 Å². The van der Waals surface area contributed by atoms with E-state index in [4.69, 9.17) is 23.2 Å². The second-order valence-corrected chi connectivity index (χ2v) is 7.15. The molecule has 17 heavy (non-hydrogen) atoms. The number of hydrogen-bond donors (Lipinski definition) is 1. The van der Waals surface area contributed by atoms with Gasteiger partial charge in [-0.3, -0.25) is 0 Å². The number of aliphatic hydroxyl groups is 1. The minimum atomic E-state index is -0.714. The molecule has 1 heterocycles. The summed E-state index contributed by atoms with van der Waals surface area (Å²) < 4.78 is 2.23. The zero-order chi connectivity index (χ0) is 12.6. The van der Waals surface area contributed by atoms with Crippen molar-refractivity contribution in [2.24, 2.45) is 0 Å². The standard InChI is InChI=1S/C11H6Br2Cl2OS/c12-6-2-1-5(3-8(6)14)10(16)9-4-7(13)11(15)17-9/h1-4,10,16H. The molecule has 0 fully saturated rings. The van der Waals surface area contributed by atoms with E-state index in [0.29, 0.717) is 9.36 Å². The van der Waals surface area contributed by atoms with Crippen LogP contribution in [0.15, 0.2) is 33.2 Å². The number of rotatable bonds is 2. The summed E-state index contributed by atoms with van der Waals surface area (Å²) in [5.41, 5.74) is 0.739. The van der Waals surface area contributed by atoms with E-state index in [1.54, 1.807) is 6.07 Å². The summed E-state index contributed by atoms with van der Waals surface area (Å²) in [6.07, 6.45) is -0.714. The predicted molar refractivity (Wildman–Crippen MR) is 80.2 cm³/mol. The van der Waals surface area contributed by atoms with E-state index < -0.39 is 6.10 Å². The van der Waals surface area contributed by atoms with Crippen LogP contribution in [0.2, 0.25) is 9.36 Å². The van der Waals surface area contributed by atoms with E-state index >= 15 is 0 Å². The molecule has 0 aliphatic heterocycles. The quantitative estimate of drug-likeness (QED) is 0.669. The predicted octanol–water partition coefficient (Wildman–Crippen LogP) is 5.66. The maximum Gasteiger partial charge on any atom is 0.113 e. The summed E-state index contributed by atoms with van der Waals surface area (Å²) in [5.74, 6) is 0. The molecule has 0 radical (unpaired) electrons. The Bertz CT molecular complexity index is 537. The minimum Gasteiger partial charge on any atom is -0.383 e. The van der Waals surface area contributed by atoms with Crippen LogP contribution in [0.25, 0.3) is 0 Å². The van der Waals surface area contributed by atoms with Crippen LogP contribution in [0.5, 0.6) is 0 Å². The first kappa shape index (κ1) is 13.8. The lowest BCUT2D eigenvalue weighted by molar-refractivity contribution is 0.224. The maximum absolute atomic E-state index is 10.2. The van der Waals surface area contributed by atoms with Crippen molar-refractivity contribution in [3.8, 4) is 0 Å². The topological polar surface area (TPSA) is 20.2 Å². The summed E-state index contributed by atoms with van der Waals surface area (Å²) in [7, 11) is 0. The molecule has 0 aliphatic carbocycles. The SMILES string of the molecule is OC(c1ccc(Br)c(Cl)c1)c1cc(Br)c(Cl)s1. The highest BCUT2D eigenvalue weighted by Gasteiger charge is 2.16. The van der Waals surface area contributed by atoms with E-state index in [1.807, 2.05) is 18.2 Å². The minimum absolute atomic E-state index is 0.572. The first-order valence-corrected chi connectivity index (χ1v) is 7.72. The van der Waals surface area contributed by atoms with Crippen LogP contribution >= 0.6 is 66.4 Å². The molecular formula is C11H6Br2Cl2OS. The Balaban J connectivity index is 2.36. The normalized spacial score (nSPS) is 12.8. The smallest absolute Gasteiger partial charge is 0.113 e. The third kappa shape index (κ3) is 3.06. The number of thiophene rings is 1. The van der Waals surface area contributed by atoms with Gasteiger partial charge in [0.25, 0.3) is 0 Å². The van der Waals surface area contributed by atoms with E-state index in [0.717, 1.165) is 19.4 Å². The molecular weight excluding hydrogens is 411 g/mol. The number of halogens is 4. The lowest BCUT2D eigenvalue weighted by Gasteiger charge is -2.09. The fourth-order valence-electron chi connectivity index (χ4n) is 1.34. The van der Waals surface area contributed by atoms with Crippen molar-refractivity contribution in [2.75, 3.05) is 0 Å². The van der Waals surface area contributed by atoms with Crippen molar-refractivity contribution in [1.82, 2.24) is 0 Å². The highest BCUT2D eigenvalue weighted by molar-refractivity contribution is 9.11. The van der Waals surface area contributed by atoms with Gasteiger partial charge in [-0.1, -0.05) is 29.3 Å². The molecule has 2 rings (SSSR count).